The highest BCUT2D eigenvalue weighted by Gasteiger charge is 2.32. The molecule has 1 aromatic carbocycles. The number of nitrogens with one attached hydrogen (secondary N) is 1. The molecule has 0 atom stereocenters. The van der Waals surface area contributed by atoms with Crippen molar-refractivity contribution in [3.05, 3.63) is 45.6 Å². The van der Waals surface area contributed by atoms with E-state index < -0.39 is 6.36 Å². The lowest BCUT2D eigenvalue weighted by atomic mass is 10.3. The number of nitrogens with zero attached hydrogens (tertiary/aromatic N) is 1. The third-order valence-corrected chi connectivity index (χ3v) is 3.08. The molecule has 106 valence electrons. The van der Waals surface area contributed by atoms with Crippen LogP contribution in [-0.2, 0) is 0 Å². The molecule has 0 fully saturated rings. The van der Waals surface area contributed by atoms with Crippen molar-refractivity contribution in [1.29, 1.82) is 0 Å². The van der Waals surface area contributed by atoms with Gasteiger partial charge in [0.15, 0.2) is 5.75 Å². The number of aromatic nitrogens is 1. The van der Waals surface area contributed by atoms with Crippen LogP contribution in [0.1, 0.15) is 0 Å². The monoisotopic (exact) mass is 410 g/mol. The lowest BCUT2D eigenvalue weighted by Crippen LogP contribution is -2.18. The van der Waals surface area contributed by atoms with E-state index in [4.69, 9.17) is 0 Å². The van der Waals surface area contributed by atoms with Crippen LogP contribution in [0, 0.1) is 0 Å². The molecule has 0 saturated heterocycles. The first-order valence-electron chi connectivity index (χ1n) is 5.26. The summed E-state index contributed by atoms with van der Waals surface area (Å²) in [6.45, 7) is 0. The molecule has 0 aliphatic rings. The number of anilines is 2. The van der Waals surface area contributed by atoms with Crippen LogP contribution in [0.25, 0.3) is 0 Å². The second-order valence-corrected chi connectivity index (χ2v) is 5.54. The Bertz CT molecular complexity index is 620. The van der Waals surface area contributed by atoms with Crippen LogP contribution in [0.15, 0.2) is 45.6 Å². The Hall–Kier alpha value is -1.28. The van der Waals surface area contributed by atoms with Gasteiger partial charge in [0, 0.05) is 15.1 Å². The summed E-state index contributed by atoms with van der Waals surface area (Å²) in [5.41, 5.74) is 0.721. The maximum Gasteiger partial charge on any atom is 0.573 e. The molecule has 3 nitrogen and oxygen atoms in total. The number of rotatable bonds is 3. The van der Waals surface area contributed by atoms with Gasteiger partial charge in [-0.05, 0) is 40.2 Å². The maximum atomic E-state index is 12.4. The normalized spacial score (nSPS) is 11.2. The van der Waals surface area contributed by atoms with E-state index in [9.17, 15) is 13.2 Å². The van der Waals surface area contributed by atoms with Gasteiger partial charge in [0.1, 0.15) is 0 Å². The molecule has 1 aromatic heterocycles. The lowest BCUT2D eigenvalue weighted by Gasteiger charge is -2.15. The summed E-state index contributed by atoms with van der Waals surface area (Å²) in [5, 5.41) is 2.82. The fraction of sp³-hybridized carbons (Fsp3) is 0.0833. The van der Waals surface area contributed by atoms with Gasteiger partial charge in [0.05, 0.1) is 17.6 Å². The predicted molar refractivity (Wildman–Crippen MR) is 76.0 cm³/mol. The van der Waals surface area contributed by atoms with Crippen LogP contribution in [0.3, 0.4) is 0 Å². The van der Waals surface area contributed by atoms with E-state index in [1.54, 1.807) is 18.3 Å². The van der Waals surface area contributed by atoms with E-state index in [-0.39, 0.29) is 11.4 Å². The number of ether oxygens (including phenoxy) is 1. The number of alkyl halides is 3. The number of hydrogen-bond acceptors (Lipinski definition) is 3. The van der Waals surface area contributed by atoms with E-state index >= 15 is 0 Å². The first-order valence-corrected chi connectivity index (χ1v) is 6.85. The Morgan fingerprint density at radius 1 is 1.05 bits per heavy atom. The van der Waals surface area contributed by atoms with E-state index in [1.807, 2.05) is 0 Å². The molecule has 8 heteroatoms. The standard InChI is InChI=1S/C12H7Br2F3N2O/c13-7-1-2-10(11(4-7)20-12(15,16)17)19-9-3-8(14)5-18-6-9/h1-6,19H. The van der Waals surface area contributed by atoms with Crippen molar-refractivity contribution in [2.75, 3.05) is 5.32 Å². The van der Waals surface area contributed by atoms with Crippen molar-refractivity contribution in [1.82, 2.24) is 4.98 Å². The molecule has 0 spiro atoms. The molecule has 0 unspecified atom stereocenters. The average molecular weight is 412 g/mol. The summed E-state index contributed by atoms with van der Waals surface area (Å²) < 4.78 is 42.3. The molecular formula is C12H7Br2F3N2O. The van der Waals surface area contributed by atoms with Crippen LogP contribution in [0.5, 0.6) is 5.75 Å². The van der Waals surface area contributed by atoms with Crippen LogP contribution < -0.4 is 10.1 Å². The zero-order valence-electron chi connectivity index (χ0n) is 9.71. The molecular weight excluding hydrogens is 405 g/mol. The Balaban J connectivity index is 2.31. The van der Waals surface area contributed by atoms with Crippen LogP contribution in [-0.4, -0.2) is 11.3 Å². The summed E-state index contributed by atoms with van der Waals surface area (Å²) in [7, 11) is 0. The van der Waals surface area contributed by atoms with Gasteiger partial charge in [0.25, 0.3) is 0 Å². The minimum Gasteiger partial charge on any atom is -0.404 e. The lowest BCUT2D eigenvalue weighted by molar-refractivity contribution is -0.274. The largest absolute Gasteiger partial charge is 0.573 e. The van der Waals surface area contributed by atoms with Crippen molar-refractivity contribution in [3.63, 3.8) is 0 Å². The highest BCUT2D eigenvalue weighted by atomic mass is 79.9. The van der Waals surface area contributed by atoms with Crippen LogP contribution >= 0.6 is 31.9 Å². The van der Waals surface area contributed by atoms with Crippen molar-refractivity contribution < 1.29 is 17.9 Å². The molecule has 0 bridgehead atoms. The highest BCUT2D eigenvalue weighted by molar-refractivity contribution is 9.10. The molecule has 0 amide bonds. The summed E-state index contributed by atoms with van der Waals surface area (Å²) in [4.78, 5) is 3.92. The van der Waals surface area contributed by atoms with Crippen LogP contribution in [0.4, 0.5) is 24.5 Å². The van der Waals surface area contributed by atoms with E-state index in [0.29, 0.717) is 14.6 Å². The Kier molecular flexibility index (Phi) is 4.54. The molecule has 1 heterocycles. The smallest absolute Gasteiger partial charge is 0.404 e. The minimum absolute atomic E-state index is 0.186. The molecule has 0 aliphatic heterocycles. The fourth-order valence-corrected chi connectivity index (χ4v) is 2.15. The van der Waals surface area contributed by atoms with Gasteiger partial charge in [-0.25, -0.2) is 0 Å². The highest BCUT2D eigenvalue weighted by Crippen LogP contribution is 2.34. The molecule has 0 radical (unpaired) electrons. The summed E-state index contributed by atoms with van der Waals surface area (Å²) >= 11 is 6.34. The zero-order chi connectivity index (χ0) is 14.8. The summed E-state index contributed by atoms with van der Waals surface area (Å²) in [6.07, 6.45) is -1.70. The quantitative estimate of drug-likeness (QED) is 0.749. The van der Waals surface area contributed by atoms with Gasteiger partial charge in [-0.1, -0.05) is 15.9 Å². The third-order valence-electron chi connectivity index (χ3n) is 2.15. The molecule has 1 N–H and O–H groups in total. The van der Waals surface area contributed by atoms with Crippen molar-refractivity contribution >= 4 is 43.2 Å². The fourth-order valence-electron chi connectivity index (χ4n) is 1.44. The molecule has 2 rings (SSSR count). The Morgan fingerprint density at radius 3 is 2.45 bits per heavy atom. The third kappa shape index (κ3) is 4.38. The van der Waals surface area contributed by atoms with Gasteiger partial charge in [-0.3, -0.25) is 4.98 Å². The van der Waals surface area contributed by atoms with Gasteiger partial charge in [-0.2, -0.15) is 0 Å². The van der Waals surface area contributed by atoms with E-state index in [0.717, 1.165) is 0 Å². The van der Waals surface area contributed by atoms with Gasteiger partial charge in [0.2, 0.25) is 0 Å². The molecule has 2 aromatic rings. The van der Waals surface area contributed by atoms with Crippen LogP contribution in [0.2, 0.25) is 0 Å². The topological polar surface area (TPSA) is 34.1 Å². The van der Waals surface area contributed by atoms with E-state index in [2.05, 4.69) is 46.9 Å². The Labute approximate surface area is 129 Å². The molecule has 20 heavy (non-hydrogen) atoms. The van der Waals surface area contributed by atoms with Gasteiger partial charge >= 0.3 is 6.36 Å². The number of halogens is 5. The van der Waals surface area contributed by atoms with Crippen molar-refractivity contribution in [2.45, 2.75) is 6.36 Å². The second kappa shape index (κ2) is 6.01. The number of benzene rings is 1. The first-order chi connectivity index (χ1) is 9.33. The molecule has 0 aliphatic carbocycles. The van der Waals surface area contributed by atoms with Crippen molar-refractivity contribution in [2.24, 2.45) is 0 Å². The number of hydrogen-bond donors (Lipinski definition) is 1. The van der Waals surface area contributed by atoms with Gasteiger partial charge < -0.3 is 10.1 Å². The maximum absolute atomic E-state index is 12.4. The zero-order valence-corrected chi connectivity index (χ0v) is 12.9. The average Bonchev–Trinajstić information content (AvgIpc) is 2.31. The summed E-state index contributed by atoms with van der Waals surface area (Å²) in [5.74, 6) is -0.327. The Morgan fingerprint density at radius 2 is 1.80 bits per heavy atom. The van der Waals surface area contributed by atoms with Gasteiger partial charge in [-0.15, -0.1) is 13.2 Å². The predicted octanol–water partition coefficient (Wildman–Crippen LogP) is 5.25. The second-order valence-electron chi connectivity index (χ2n) is 3.71. The number of pyridine rings is 1. The molecule has 0 saturated carbocycles. The van der Waals surface area contributed by atoms with E-state index in [1.165, 1.54) is 18.3 Å². The first kappa shape index (κ1) is 15.1. The van der Waals surface area contributed by atoms with Crippen molar-refractivity contribution in [3.8, 4) is 5.75 Å². The minimum atomic E-state index is -4.76. The SMILES string of the molecule is FC(F)(F)Oc1cc(Br)ccc1Nc1cncc(Br)c1. The summed E-state index contributed by atoms with van der Waals surface area (Å²) in [6, 6.07) is 6.01.